The third kappa shape index (κ3) is 3.75. The third-order valence-electron chi connectivity index (χ3n) is 5.02. The van der Waals surface area contributed by atoms with Crippen LogP contribution in [0.25, 0.3) is 0 Å². The zero-order valence-electron chi connectivity index (χ0n) is 14.1. The maximum absolute atomic E-state index is 12.9. The van der Waals surface area contributed by atoms with Gasteiger partial charge in [0.2, 0.25) is 5.91 Å². The Morgan fingerprint density at radius 1 is 1.11 bits per heavy atom. The van der Waals surface area contributed by atoms with Gasteiger partial charge in [0.05, 0.1) is 18.1 Å². The van der Waals surface area contributed by atoms with Gasteiger partial charge in [-0.1, -0.05) is 0 Å². The molecule has 2 aromatic rings. The first-order valence-electron chi connectivity index (χ1n) is 8.63. The first-order valence-corrected chi connectivity index (χ1v) is 8.63. The number of rotatable bonds is 4. The van der Waals surface area contributed by atoms with Gasteiger partial charge >= 0.3 is 6.36 Å². The summed E-state index contributed by atoms with van der Waals surface area (Å²) in [6.45, 7) is 0. The van der Waals surface area contributed by atoms with E-state index in [9.17, 15) is 18.0 Å². The lowest BCUT2D eigenvalue weighted by molar-refractivity contribution is -0.274. The third-order valence-corrected chi connectivity index (χ3v) is 5.02. The van der Waals surface area contributed by atoms with E-state index in [-0.39, 0.29) is 37.1 Å². The van der Waals surface area contributed by atoms with Crippen molar-refractivity contribution >= 4 is 11.6 Å². The summed E-state index contributed by atoms with van der Waals surface area (Å²) in [5, 5.41) is 2.79. The number of anilines is 1. The standard InChI is InChI=1S/C19H17F3N2O3.H2/c20-19(21,22)27-13-3-1-12(2-4-13)24-18(25)17-15-6-5-14(26-15)16(17)11-7-9-23-10-8-11;/h1-4,7-10,14-17H,5-6H2,(H,24,25);1H/t14-,15?,16+,17+;/m0./s1. The van der Waals surface area contributed by atoms with Crippen LogP contribution >= 0.6 is 0 Å². The molecule has 0 spiro atoms. The number of nitrogens with one attached hydrogen (secondary N) is 1. The first-order chi connectivity index (χ1) is 12.9. The number of hydrogen-bond acceptors (Lipinski definition) is 4. The number of fused-ring (bicyclic) bond motifs is 2. The van der Waals surface area contributed by atoms with Crippen LogP contribution in [0.3, 0.4) is 0 Å². The molecule has 0 saturated carbocycles. The first kappa shape index (κ1) is 17.8. The molecular weight excluding hydrogens is 361 g/mol. The molecule has 2 fully saturated rings. The van der Waals surface area contributed by atoms with Crippen LogP contribution in [0.4, 0.5) is 18.9 Å². The number of hydrogen-bond donors (Lipinski definition) is 1. The molecule has 5 nitrogen and oxygen atoms in total. The number of alkyl halides is 3. The monoisotopic (exact) mass is 380 g/mol. The molecule has 1 N–H and O–H groups in total. The second-order valence-electron chi connectivity index (χ2n) is 6.68. The number of amides is 1. The summed E-state index contributed by atoms with van der Waals surface area (Å²) in [7, 11) is 0. The van der Waals surface area contributed by atoms with E-state index in [1.54, 1.807) is 12.4 Å². The minimum atomic E-state index is -4.75. The Hall–Kier alpha value is -2.61. The summed E-state index contributed by atoms with van der Waals surface area (Å²) in [4.78, 5) is 16.9. The lowest BCUT2D eigenvalue weighted by Crippen LogP contribution is -2.36. The Morgan fingerprint density at radius 2 is 1.78 bits per heavy atom. The normalized spacial score (nSPS) is 26.8. The predicted octanol–water partition coefficient (Wildman–Crippen LogP) is 4.13. The molecule has 2 aliphatic heterocycles. The zero-order valence-corrected chi connectivity index (χ0v) is 14.1. The number of carbonyl (C=O) groups is 1. The highest BCUT2D eigenvalue weighted by atomic mass is 19.4. The molecular formula is C19H19F3N2O3. The van der Waals surface area contributed by atoms with Crippen molar-refractivity contribution in [1.29, 1.82) is 0 Å². The molecule has 27 heavy (non-hydrogen) atoms. The predicted molar refractivity (Wildman–Crippen MR) is 92.2 cm³/mol. The van der Waals surface area contributed by atoms with Gasteiger partial charge < -0.3 is 14.8 Å². The number of benzene rings is 1. The van der Waals surface area contributed by atoms with Crippen LogP contribution in [0.15, 0.2) is 48.8 Å². The van der Waals surface area contributed by atoms with Crippen molar-refractivity contribution in [2.24, 2.45) is 5.92 Å². The molecule has 8 heteroatoms. The zero-order chi connectivity index (χ0) is 19.0. The van der Waals surface area contributed by atoms with Gasteiger partial charge in [0.25, 0.3) is 0 Å². The minimum absolute atomic E-state index is 0. The van der Waals surface area contributed by atoms with E-state index in [4.69, 9.17) is 4.74 Å². The van der Waals surface area contributed by atoms with Crippen molar-refractivity contribution in [3.63, 3.8) is 0 Å². The van der Waals surface area contributed by atoms with Crippen LogP contribution in [-0.4, -0.2) is 29.5 Å². The summed E-state index contributed by atoms with van der Waals surface area (Å²) in [5.41, 5.74) is 1.41. The van der Waals surface area contributed by atoms with Crippen LogP contribution in [-0.2, 0) is 9.53 Å². The fourth-order valence-electron chi connectivity index (χ4n) is 3.99. The van der Waals surface area contributed by atoms with E-state index in [1.165, 1.54) is 24.3 Å². The van der Waals surface area contributed by atoms with Crippen molar-refractivity contribution in [3.05, 3.63) is 54.4 Å². The van der Waals surface area contributed by atoms with E-state index in [1.807, 2.05) is 12.1 Å². The topological polar surface area (TPSA) is 60.5 Å². The van der Waals surface area contributed by atoms with Gasteiger partial charge in [0, 0.05) is 25.4 Å². The second kappa shape index (κ2) is 6.84. The smallest absolute Gasteiger partial charge is 0.406 e. The molecule has 1 unspecified atom stereocenters. The number of nitrogens with zero attached hydrogens (tertiary/aromatic N) is 1. The number of halogens is 3. The molecule has 2 saturated heterocycles. The molecule has 0 radical (unpaired) electrons. The van der Waals surface area contributed by atoms with Crippen molar-refractivity contribution < 1.29 is 28.9 Å². The van der Waals surface area contributed by atoms with Gasteiger partial charge in [-0.25, -0.2) is 0 Å². The summed E-state index contributed by atoms with van der Waals surface area (Å²) in [5.74, 6) is -0.941. The van der Waals surface area contributed by atoms with Gasteiger partial charge in [-0.3, -0.25) is 9.78 Å². The molecule has 1 aromatic heterocycles. The van der Waals surface area contributed by atoms with Gasteiger partial charge in [-0.2, -0.15) is 0 Å². The van der Waals surface area contributed by atoms with Crippen LogP contribution < -0.4 is 10.1 Å². The quantitative estimate of drug-likeness (QED) is 0.867. The lowest BCUT2D eigenvalue weighted by atomic mass is 9.75. The molecule has 3 heterocycles. The average Bonchev–Trinajstić information content (AvgIpc) is 3.24. The maximum atomic E-state index is 12.9. The molecule has 1 amide bonds. The lowest BCUT2D eigenvalue weighted by Gasteiger charge is -2.27. The number of carbonyl (C=O) groups excluding carboxylic acids is 1. The highest BCUT2D eigenvalue weighted by Crippen LogP contribution is 2.49. The molecule has 144 valence electrons. The summed E-state index contributed by atoms with van der Waals surface area (Å²) >= 11 is 0. The molecule has 2 aliphatic rings. The largest absolute Gasteiger partial charge is 0.573 e. The summed E-state index contributed by atoms with van der Waals surface area (Å²) in [6.07, 6.45) is 0.207. The average molecular weight is 380 g/mol. The number of ether oxygens (including phenoxy) is 2. The maximum Gasteiger partial charge on any atom is 0.573 e. The van der Waals surface area contributed by atoms with Crippen molar-refractivity contribution in [2.45, 2.75) is 37.3 Å². The van der Waals surface area contributed by atoms with E-state index >= 15 is 0 Å². The van der Waals surface area contributed by atoms with E-state index < -0.39 is 6.36 Å². The van der Waals surface area contributed by atoms with Crippen molar-refractivity contribution in [3.8, 4) is 5.75 Å². The molecule has 1 aromatic carbocycles. The van der Waals surface area contributed by atoms with Crippen molar-refractivity contribution in [2.75, 3.05) is 5.32 Å². The van der Waals surface area contributed by atoms with Gasteiger partial charge in [0.15, 0.2) is 0 Å². The molecule has 0 aliphatic carbocycles. The van der Waals surface area contributed by atoms with Gasteiger partial charge in [-0.05, 0) is 54.8 Å². The van der Waals surface area contributed by atoms with Crippen LogP contribution in [0, 0.1) is 5.92 Å². The van der Waals surface area contributed by atoms with Gasteiger partial charge in [-0.15, -0.1) is 13.2 Å². The summed E-state index contributed by atoms with van der Waals surface area (Å²) < 4.78 is 46.5. The fraction of sp³-hybridized carbons (Fsp3) is 0.368. The molecule has 2 bridgehead atoms. The summed E-state index contributed by atoms with van der Waals surface area (Å²) in [6, 6.07) is 8.88. The molecule has 4 atom stereocenters. The Bertz CT molecular complexity index is 817. The van der Waals surface area contributed by atoms with Crippen LogP contribution in [0.2, 0.25) is 0 Å². The van der Waals surface area contributed by atoms with Crippen LogP contribution in [0.1, 0.15) is 25.7 Å². The number of pyridine rings is 1. The van der Waals surface area contributed by atoms with Crippen LogP contribution in [0.5, 0.6) is 5.75 Å². The fourth-order valence-corrected chi connectivity index (χ4v) is 3.99. The minimum Gasteiger partial charge on any atom is -0.406 e. The van der Waals surface area contributed by atoms with Gasteiger partial charge in [0.1, 0.15) is 5.75 Å². The Balaban J connectivity index is 0.00000225. The van der Waals surface area contributed by atoms with E-state index in [0.717, 1.165) is 18.4 Å². The number of aromatic nitrogens is 1. The molecule has 4 rings (SSSR count). The Kier molecular flexibility index (Phi) is 4.51. The Morgan fingerprint density at radius 3 is 2.44 bits per heavy atom. The van der Waals surface area contributed by atoms with E-state index in [2.05, 4.69) is 15.0 Å². The second-order valence-corrected chi connectivity index (χ2v) is 6.68. The highest BCUT2D eigenvalue weighted by Gasteiger charge is 2.52. The highest BCUT2D eigenvalue weighted by molar-refractivity contribution is 5.94. The van der Waals surface area contributed by atoms with Crippen molar-refractivity contribution in [1.82, 2.24) is 4.98 Å². The van der Waals surface area contributed by atoms with E-state index in [0.29, 0.717) is 5.69 Å². The SMILES string of the molecule is O=C(Nc1ccc(OC(F)(F)F)cc1)[C@@H]1C2CC[C@H](O2)[C@H]1c1ccncc1.[HH]. The Labute approximate surface area is 155 Å².